The summed E-state index contributed by atoms with van der Waals surface area (Å²) in [6.45, 7) is 3.47. The van der Waals surface area contributed by atoms with Crippen molar-refractivity contribution < 1.29 is 24.2 Å². The van der Waals surface area contributed by atoms with Crippen molar-refractivity contribution in [3.05, 3.63) is 54.1 Å². The lowest BCUT2D eigenvalue weighted by Crippen LogP contribution is -2.43. The lowest BCUT2D eigenvalue weighted by Gasteiger charge is -2.19. The first-order chi connectivity index (χ1) is 13.9. The second-order valence-electron chi connectivity index (χ2n) is 6.77. The molecule has 0 bridgehead atoms. The lowest BCUT2D eigenvalue weighted by atomic mass is 9.99. The van der Waals surface area contributed by atoms with Gasteiger partial charge in [0.2, 0.25) is 0 Å². The summed E-state index contributed by atoms with van der Waals surface area (Å²) in [5.41, 5.74) is 1.65. The highest BCUT2D eigenvalue weighted by atomic mass is 16.5. The van der Waals surface area contributed by atoms with E-state index in [1.54, 1.807) is 50.2 Å². The molecule has 1 heterocycles. The van der Waals surface area contributed by atoms with Crippen LogP contribution in [0.25, 0.3) is 21.8 Å². The van der Waals surface area contributed by atoms with E-state index in [2.05, 4.69) is 10.3 Å². The third-order valence-corrected chi connectivity index (χ3v) is 4.70. The molecule has 7 heteroatoms. The molecule has 3 rings (SSSR count). The van der Waals surface area contributed by atoms with Gasteiger partial charge in [-0.2, -0.15) is 0 Å². The Hall–Kier alpha value is -3.48. The molecule has 150 valence electrons. The van der Waals surface area contributed by atoms with Crippen molar-refractivity contribution in [1.82, 2.24) is 10.3 Å². The zero-order valence-corrected chi connectivity index (χ0v) is 16.2. The fourth-order valence-corrected chi connectivity index (χ4v) is 3.27. The normalized spacial score (nSPS) is 13.0. The number of carboxylic acids is 1. The van der Waals surface area contributed by atoms with E-state index < -0.39 is 29.8 Å². The van der Waals surface area contributed by atoms with E-state index in [0.717, 1.165) is 0 Å². The predicted octanol–water partition coefficient (Wildman–Crippen LogP) is 3.16. The Labute approximate surface area is 167 Å². The maximum atomic E-state index is 13.1. The molecule has 0 radical (unpaired) electrons. The average Bonchev–Trinajstić information content (AvgIpc) is 2.71. The molecule has 2 atom stereocenters. The third-order valence-electron chi connectivity index (χ3n) is 4.70. The highest BCUT2D eigenvalue weighted by molar-refractivity contribution is 6.16. The SMILES string of the molecule is CCOC(=O)[C@@H](C)C[C@@H](NC(=O)c1c2ccccc2nc2ccccc12)C(=O)O. The first kappa shape index (κ1) is 20.3. The predicted molar refractivity (Wildman–Crippen MR) is 109 cm³/mol. The van der Waals surface area contributed by atoms with E-state index in [4.69, 9.17) is 4.74 Å². The van der Waals surface area contributed by atoms with E-state index >= 15 is 0 Å². The molecule has 0 fully saturated rings. The Kier molecular flexibility index (Phi) is 6.07. The summed E-state index contributed by atoms with van der Waals surface area (Å²) >= 11 is 0. The van der Waals surface area contributed by atoms with E-state index in [1.165, 1.54) is 0 Å². The molecule has 3 aromatic rings. The maximum Gasteiger partial charge on any atom is 0.326 e. The lowest BCUT2D eigenvalue weighted by molar-refractivity contribution is -0.148. The number of nitrogens with zero attached hydrogens (tertiary/aromatic N) is 1. The first-order valence-corrected chi connectivity index (χ1v) is 9.40. The molecule has 0 aliphatic carbocycles. The van der Waals surface area contributed by atoms with Gasteiger partial charge in [0.15, 0.2) is 0 Å². The second-order valence-corrected chi connectivity index (χ2v) is 6.77. The molecule has 0 spiro atoms. The molecule has 2 N–H and O–H groups in total. The van der Waals surface area contributed by atoms with Crippen LogP contribution in [-0.4, -0.2) is 40.6 Å². The number of rotatable bonds is 7. The molecular formula is C22H22N2O5. The number of amides is 1. The van der Waals surface area contributed by atoms with Crippen molar-refractivity contribution in [2.45, 2.75) is 26.3 Å². The number of carbonyl (C=O) groups is 3. The van der Waals surface area contributed by atoms with Gasteiger partial charge in [0.1, 0.15) is 6.04 Å². The molecule has 2 aromatic carbocycles. The van der Waals surface area contributed by atoms with Gasteiger partial charge in [-0.15, -0.1) is 0 Å². The van der Waals surface area contributed by atoms with Crippen LogP contribution in [0.3, 0.4) is 0 Å². The van der Waals surface area contributed by atoms with Crippen LogP contribution in [0.5, 0.6) is 0 Å². The molecular weight excluding hydrogens is 372 g/mol. The van der Waals surface area contributed by atoms with E-state index in [-0.39, 0.29) is 13.0 Å². The van der Waals surface area contributed by atoms with Crippen LogP contribution < -0.4 is 5.32 Å². The largest absolute Gasteiger partial charge is 0.480 e. The molecule has 0 aliphatic rings. The van der Waals surface area contributed by atoms with Gasteiger partial charge in [-0.25, -0.2) is 9.78 Å². The van der Waals surface area contributed by atoms with Crippen molar-refractivity contribution in [1.29, 1.82) is 0 Å². The number of para-hydroxylation sites is 2. The number of hydrogen-bond acceptors (Lipinski definition) is 5. The number of aliphatic carboxylic acids is 1. The molecule has 29 heavy (non-hydrogen) atoms. The number of esters is 1. The van der Waals surface area contributed by atoms with Gasteiger partial charge >= 0.3 is 11.9 Å². The van der Waals surface area contributed by atoms with Gasteiger partial charge in [0.25, 0.3) is 5.91 Å². The summed E-state index contributed by atoms with van der Waals surface area (Å²) < 4.78 is 4.94. The molecule has 0 aliphatic heterocycles. The number of ether oxygens (including phenoxy) is 1. The molecule has 7 nitrogen and oxygen atoms in total. The zero-order valence-electron chi connectivity index (χ0n) is 16.2. The number of carbonyl (C=O) groups excluding carboxylic acids is 2. The molecule has 1 amide bonds. The Balaban J connectivity index is 1.97. The van der Waals surface area contributed by atoms with Crippen molar-refractivity contribution in [2.75, 3.05) is 6.61 Å². The minimum Gasteiger partial charge on any atom is -0.480 e. The van der Waals surface area contributed by atoms with Gasteiger partial charge in [0.05, 0.1) is 29.1 Å². The van der Waals surface area contributed by atoms with Gasteiger partial charge in [-0.3, -0.25) is 9.59 Å². The molecule has 0 saturated carbocycles. The summed E-state index contributed by atoms with van der Waals surface area (Å²) in [6, 6.07) is 13.2. The highest BCUT2D eigenvalue weighted by Crippen LogP contribution is 2.26. The minimum absolute atomic E-state index is 0.0686. The average molecular weight is 394 g/mol. The maximum absolute atomic E-state index is 13.1. The summed E-state index contributed by atoms with van der Waals surface area (Å²) in [6.07, 6.45) is -0.0686. The van der Waals surface area contributed by atoms with Crippen molar-refractivity contribution >= 4 is 39.7 Å². The van der Waals surface area contributed by atoms with Crippen LogP contribution in [0, 0.1) is 5.92 Å². The monoisotopic (exact) mass is 394 g/mol. The number of nitrogens with one attached hydrogen (secondary N) is 1. The van der Waals surface area contributed by atoms with Crippen molar-refractivity contribution in [3.63, 3.8) is 0 Å². The van der Waals surface area contributed by atoms with E-state index in [9.17, 15) is 19.5 Å². The van der Waals surface area contributed by atoms with E-state index in [1.807, 2.05) is 12.1 Å². The second kappa shape index (κ2) is 8.68. The third kappa shape index (κ3) is 4.34. The summed E-state index contributed by atoms with van der Waals surface area (Å²) in [5, 5.41) is 13.4. The highest BCUT2D eigenvalue weighted by Gasteiger charge is 2.28. The fraction of sp³-hybridized carbons (Fsp3) is 0.273. The quantitative estimate of drug-likeness (QED) is 0.471. The summed E-state index contributed by atoms with van der Waals surface area (Å²) in [4.78, 5) is 41.3. The Morgan fingerprint density at radius 3 is 2.10 bits per heavy atom. The van der Waals surface area contributed by atoms with Crippen LogP contribution in [0.1, 0.15) is 30.6 Å². The number of pyridine rings is 1. The van der Waals surface area contributed by atoms with Crippen LogP contribution >= 0.6 is 0 Å². The van der Waals surface area contributed by atoms with Crippen LogP contribution in [0.15, 0.2) is 48.5 Å². The van der Waals surface area contributed by atoms with Gasteiger partial charge in [0, 0.05) is 10.8 Å². The number of fused-ring (bicyclic) bond motifs is 2. The number of carboxylic acid groups (broad SMARTS) is 1. The van der Waals surface area contributed by atoms with Crippen molar-refractivity contribution in [2.24, 2.45) is 5.92 Å². The molecule has 0 unspecified atom stereocenters. The van der Waals surface area contributed by atoms with E-state index in [0.29, 0.717) is 27.4 Å². The Morgan fingerprint density at radius 1 is 1.03 bits per heavy atom. The topological polar surface area (TPSA) is 106 Å². The van der Waals surface area contributed by atoms with Gasteiger partial charge < -0.3 is 15.2 Å². The zero-order chi connectivity index (χ0) is 21.0. The standard InChI is InChI=1S/C22H22N2O5/c1-3-29-22(28)13(2)12-18(21(26)27)24-20(25)19-14-8-4-6-10-16(14)23-17-11-7-5-9-15(17)19/h4-11,13,18H,3,12H2,1-2H3,(H,24,25)(H,26,27)/t13-,18+/m0/s1. The first-order valence-electron chi connectivity index (χ1n) is 9.40. The summed E-state index contributed by atoms with van der Waals surface area (Å²) in [5.74, 6) is -2.89. The van der Waals surface area contributed by atoms with Crippen LogP contribution in [0.4, 0.5) is 0 Å². The molecule has 1 aromatic heterocycles. The van der Waals surface area contributed by atoms with Crippen LogP contribution in [0.2, 0.25) is 0 Å². The Bertz CT molecular complexity index is 1030. The fourth-order valence-electron chi connectivity index (χ4n) is 3.27. The molecule has 0 saturated heterocycles. The number of aromatic nitrogens is 1. The van der Waals surface area contributed by atoms with Gasteiger partial charge in [-0.05, 0) is 25.5 Å². The van der Waals surface area contributed by atoms with Gasteiger partial charge in [-0.1, -0.05) is 43.3 Å². The number of benzene rings is 2. The van der Waals surface area contributed by atoms with Crippen molar-refractivity contribution in [3.8, 4) is 0 Å². The van der Waals surface area contributed by atoms with Crippen LogP contribution in [-0.2, 0) is 14.3 Å². The smallest absolute Gasteiger partial charge is 0.326 e. The minimum atomic E-state index is -1.23. The Morgan fingerprint density at radius 2 is 1.59 bits per heavy atom. The number of hydrogen-bond donors (Lipinski definition) is 2. The summed E-state index contributed by atoms with van der Waals surface area (Å²) in [7, 11) is 0.